The number of hydrogen-bond donors (Lipinski definition) is 5. The average Bonchev–Trinajstić information content (AvgIpc) is 3.68. The number of carbonyl (C=O) groups excluding carboxylic acids is 1. The van der Waals surface area contributed by atoms with Crippen molar-refractivity contribution in [1.29, 1.82) is 10.5 Å². The number of azo groups is 2. The fourth-order valence-corrected chi connectivity index (χ4v) is 9.65. The summed E-state index contributed by atoms with van der Waals surface area (Å²) in [6.45, 7) is 1.58. The highest BCUT2D eigenvalue weighted by Gasteiger charge is 2.24. The van der Waals surface area contributed by atoms with E-state index in [1.165, 1.54) is 30.3 Å². The molecule has 8 aromatic rings. The summed E-state index contributed by atoms with van der Waals surface area (Å²) in [5, 5.41) is 49.3. The van der Waals surface area contributed by atoms with Crippen molar-refractivity contribution in [2.45, 2.75) is 16.7 Å². The molecule has 0 spiro atoms. The molecular weight excluding hydrogens is 984 g/mol. The quantitative estimate of drug-likeness (QED) is 0.0533. The van der Waals surface area contributed by atoms with Crippen molar-refractivity contribution in [3.63, 3.8) is 0 Å². The van der Waals surface area contributed by atoms with Crippen LogP contribution in [0, 0.1) is 29.6 Å². The Morgan fingerprint density at radius 3 is 2.06 bits per heavy atom. The summed E-state index contributed by atoms with van der Waals surface area (Å²) in [7, 11) is -9.33. The fourth-order valence-electron chi connectivity index (χ4n) is 6.90. The number of thiophene rings is 1. The number of benzene rings is 6. The molecule has 69 heavy (non-hydrogen) atoms. The van der Waals surface area contributed by atoms with Gasteiger partial charge in [0.2, 0.25) is 0 Å². The summed E-state index contributed by atoms with van der Waals surface area (Å²) in [5.74, 6) is -0.361. The standard InChI is InChI=1S/C47H30Cl2N10O7S3/c1-26-36(24-50)43(53-33-19-20-38(49)40(23-33)69(64,65)66)55-44(52-31-17-14-30(48)15-18-31)42(26)57-58-46-37(25-51)41(29-10-5-11-32(21-29)54-45(60)28-7-3-2-4-8-28)47(67-46)59-56-34-16-13-27-9-6-12-39(35(27)22-34)68(61,62)63/h2-23H,1H3,(H,54,60)(H2,52,53,55)(H,61,62,63)(H,64,65,66). The van der Waals surface area contributed by atoms with Gasteiger partial charge in [0.25, 0.3) is 26.1 Å². The third kappa shape index (κ3) is 10.6. The van der Waals surface area contributed by atoms with Crippen molar-refractivity contribution in [1.82, 2.24) is 4.98 Å². The van der Waals surface area contributed by atoms with Crippen molar-refractivity contribution in [3.8, 4) is 23.3 Å². The van der Waals surface area contributed by atoms with Crippen LogP contribution >= 0.6 is 34.5 Å². The predicted molar refractivity (Wildman–Crippen MR) is 264 cm³/mol. The summed E-state index contributed by atoms with van der Waals surface area (Å²) in [6, 6.07) is 38.9. The van der Waals surface area contributed by atoms with E-state index in [1.54, 1.807) is 104 Å². The number of nitrogens with zero attached hydrogens (tertiary/aromatic N) is 7. The topological polar surface area (TPSA) is 272 Å². The second-order valence-corrected chi connectivity index (χ2v) is 19.3. The maximum atomic E-state index is 13.2. The number of nitrogens with one attached hydrogen (secondary N) is 3. The molecule has 5 N–H and O–H groups in total. The molecule has 342 valence electrons. The molecule has 0 aliphatic carbocycles. The summed E-state index contributed by atoms with van der Waals surface area (Å²) in [5.41, 5.74) is 2.58. The van der Waals surface area contributed by atoms with E-state index in [0.29, 0.717) is 32.9 Å². The Morgan fingerprint density at radius 1 is 0.667 bits per heavy atom. The third-order valence-corrected chi connectivity index (χ3v) is 13.6. The minimum absolute atomic E-state index is 0.00500. The number of pyridine rings is 1. The molecule has 1 amide bonds. The van der Waals surface area contributed by atoms with Gasteiger partial charge in [-0.25, -0.2) is 4.98 Å². The van der Waals surface area contributed by atoms with Crippen LogP contribution in [0.5, 0.6) is 0 Å². The average molecular weight is 1010 g/mol. The van der Waals surface area contributed by atoms with Gasteiger partial charge in [0.05, 0.1) is 16.3 Å². The summed E-state index contributed by atoms with van der Waals surface area (Å²) >= 11 is 13.1. The maximum absolute atomic E-state index is 13.2. The Kier molecular flexibility index (Phi) is 13.6. The van der Waals surface area contributed by atoms with Gasteiger partial charge in [-0.15, -0.1) is 20.5 Å². The molecule has 0 saturated heterocycles. The van der Waals surface area contributed by atoms with Crippen LogP contribution in [0.2, 0.25) is 10.0 Å². The number of rotatable bonds is 13. The number of anilines is 5. The lowest BCUT2D eigenvalue weighted by Gasteiger charge is -2.16. The first-order valence-electron chi connectivity index (χ1n) is 19.9. The lowest BCUT2D eigenvalue weighted by Crippen LogP contribution is -2.11. The van der Waals surface area contributed by atoms with Gasteiger partial charge in [-0.1, -0.05) is 83.1 Å². The molecule has 2 heterocycles. The first kappa shape index (κ1) is 47.6. The third-order valence-electron chi connectivity index (χ3n) is 10.1. The van der Waals surface area contributed by atoms with E-state index in [0.717, 1.165) is 17.4 Å². The Hall–Kier alpha value is -7.92. The smallest absolute Gasteiger partial charge is 0.296 e. The van der Waals surface area contributed by atoms with E-state index in [1.807, 2.05) is 0 Å². The van der Waals surface area contributed by atoms with Gasteiger partial charge in [-0.2, -0.15) is 27.4 Å². The van der Waals surface area contributed by atoms with E-state index in [2.05, 4.69) is 53.5 Å². The second-order valence-electron chi connectivity index (χ2n) is 14.7. The van der Waals surface area contributed by atoms with Crippen molar-refractivity contribution in [3.05, 3.63) is 166 Å². The number of fused-ring (bicyclic) bond motifs is 1. The van der Waals surface area contributed by atoms with Gasteiger partial charge < -0.3 is 16.0 Å². The monoisotopic (exact) mass is 1010 g/mol. The maximum Gasteiger partial charge on any atom is 0.296 e. The number of amides is 1. The minimum Gasteiger partial charge on any atom is -0.339 e. The lowest BCUT2D eigenvalue weighted by atomic mass is 10.0. The van der Waals surface area contributed by atoms with Gasteiger partial charge in [0, 0.05) is 44.2 Å². The van der Waals surface area contributed by atoms with Gasteiger partial charge in [-0.05, 0) is 103 Å². The van der Waals surface area contributed by atoms with E-state index >= 15 is 0 Å². The van der Waals surface area contributed by atoms with Crippen molar-refractivity contribution < 1.29 is 30.7 Å². The SMILES string of the molecule is Cc1c(C#N)c(Nc2ccc(Cl)c(S(=O)(=O)O)c2)nc(Nc2ccc(Cl)cc2)c1N=Nc1sc(N=Nc2ccc3cccc(S(=O)(=O)O)c3c2)c(-c2cccc(NC(=O)c3ccccc3)c2)c1C#N. The molecule has 6 aromatic carbocycles. The van der Waals surface area contributed by atoms with Crippen LogP contribution in [0.25, 0.3) is 21.9 Å². The zero-order valence-electron chi connectivity index (χ0n) is 35.2. The van der Waals surface area contributed by atoms with E-state index in [-0.39, 0.29) is 82.2 Å². The van der Waals surface area contributed by atoms with Crippen LogP contribution in [-0.2, 0) is 20.2 Å². The lowest BCUT2D eigenvalue weighted by molar-refractivity contribution is 0.102. The molecule has 0 aliphatic heterocycles. The summed E-state index contributed by atoms with van der Waals surface area (Å²) < 4.78 is 68.3. The van der Waals surface area contributed by atoms with Crippen LogP contribution in [0.1, 0.15) is 27.0 Å². The van der Waals surface area contributed by atoms with Gasteiger partial charge in [0.15, 0.2) is 16.6 Å². The Labute approximate surface area is 407 Å². The highest BCUT2D eigenvalue weighted by molar-refractivity contribution is 7.86. The molecule has 2 aromatic heterocycles. The number of hydrogen-bond acceptors (Lipinski definition) is 15. The highest BCUT2D eigenvalue weighted by Crippen LogP contribution is 2.49. The van der Waals surface area contributed by atoms with Crippen LogP contribution < -0.4 is 16.0 Å². The first-order chi connectivity index (χ1) is 33.0. The summed E-state index contributed by atoms with van der Waals surface area (Å²) in [6.07, 6.45) is 0. The molecule has 0 atom stereocenters. The molecule has 0 unspecified atom stereocenters. The van der Waals surface area contributed by atoms with Crippen molar-refractivity contribution in [2.24, 2.45) is 20.5 Å². The molecule has 0 saturated carbocycles. The number of halogens is 2. The molecule has 0 radical (unpaired) electrons. The Bertz CT molecular complexity index is 3750. The van der Waals surface area contributed by atoms with Gasteiger partial charge in [0.1, 0.15) is 38.2 Å². The molecule has 0 fully saturated rings. The van der Waals surface area contributed by atoms with Crippen molar-refractivity contribution >= 4 is 122 Å². The fraction of sp³-hybridized carbons (Fsp3) is 0.0213. The molecule has 8 rings (SSSR count). The summed E-state index contributed by atoms with van der Waals surface area (Å²) in [4.78, 5) is 16.9. The van der Waals surface area contributed by atoms with E-state index < -0.39 is 25.1 Å². The zero-order valence-corrected chi connectivity index (χ0v) is 39.2. The van der Waals surface area contributed by atoms with Crippen LogP contribution in [-0.4, -0.2) is 36.8 Å². The van der Waals surface area contributed by atoms with Gasteiger partial charge in [-0.3, -0.25) is 13.9 Å². The molecule has 0 bridgehead atoms. The Balaban J connectivity index is 1.26. The highest BCUT2D eigenvalue weighted by atomic mass is 35.5. The zero-order chi connectivity index (χ0) is 49.0. The normalized spacial score (nSPS) is 11.7. The second kappa shape index (κ2) is 19.7. The van der Waals surface area contributed by atoms with E-state index in [9.17, 15) is 41.3 Å². The molecule has 17 nitrogen and oxygen atoms in total. The number of nitriles is 2. The first-order valence-corrected chi connectivity index (χ1v) is 24.3. The number of aromatic nitrogens is 1. The van der Waals surface area contributed by atoms with Crippen LogP contribution in [0.4, 0.5) is 50.1 Å². The van der Waals surface area contributed by atoms with E-state index in [4.69, 9.17) is 23.2 Å². The van der Waals surface area contributed by atoms with Crippen molar-refractivity contribution in [2.75, 3.05) is 16.0 Å². The minimum atomic E-state index is -4.73. The van der Waals surface area contributed by atoms with Gasteiger partial charge >= 0.3 is 0 Å². The number of carbonyl (C=O) groups is 1. The van der Waals surface area contributed by atoms with Crippen LogP contribution in [0.3, 0.4) is 0 Å². The largest absolute Gasteiger partial charge is 0.339 e. The van der Waals surface area contributed by atoms with Crippen LogP contribution in [0.15, 0.2) is 164 Å². The molecular formula is C47H30Cl2N10O7S3. The molecule has 0 aliphatic rings. The Morgan fingerprint density at radius 2 is 1.35 bits per heavy atom. The molecule has 22 heteroatoms. The predicted octanol–water partition coefficient (Wildman–Crippen LogP) is 13.4.